The van der Waals surface area contributed by atoms with Gasteiger partial charge in [-0.25, -0.2) is 0 Å². The Hall–Kier alpha value is -2.07. The van der Waals surface area contributed by atoms with Crippen LogP contribution in [0.3, 0.4) is 0 Å². The third kappa shape index (κ3) is 12.0. The molecule has 0 fully saturated rings. The third-order valence-corrected chi connectivity index (χ3v) is 17.2. The molecule has 64 heavy (non-hydrogen) atoms. The average molecular weight is 1100 g/mol. The maximum atomic E-state index is 6.75. The average Bonchev–Trinajstić information content (AvgIpc) is 3.94. The Morgan fingerprint density at radius 2 is 0.797 bits per heavy atom. The SMILES string of the molecule is C[Si](C)=[Zr+2].Cc1ccc(-c2cc3c(-c4cc(Cl)c([Si](C)(C)C)c(Cl)c4)c(C)c(C)cc3[cH-]2)o1.Cc1ccc(-c2cc3c(-c4cc(Cl)c([Si](C)(C)C)c(Cl)c4)c(C)c(C)cc3[cH-]2)o1.Cl.Cl. The van der Waals surface area contributed by atoms with Gasteiger partial charge < -0.3 is 8.83 Å². The van der Waals surface area contributed by atoms with Crippen molar-refractivity contribution < 1.29 is 32.2 Å². The molecule has 6 aromatic carbocycles. The molecule has 0 radical (unpaired) electrons. The van der Waals surface area contributed by atoms with Crippen LogP contribution in [-0.4, -0.2) is 21.6 Å². The summed E-state index contributed by atoms with van der Waals surface area (Å²) in [6.45, 7) is 30.8. The summed E-state index contributed by atoms with van der Waals surface area (Å²) in [5.41, 5.74) is 11.9. The molecule has 0 saturated heterocycles. The molecule has 2 nitrogen and oxygen atoms in total. The Morgan fingerprint density at radius 3 is 1.05 bits per heavy atom. The monoisotopic (exact) mass is 1100 g/mol. The van der Waals surface area contributed by atoms with Crippen LogP contribution >= 0.6 is 71.2 Å². The molecule has 2 heterocycles. The van der Waals surface area contributed by atoms with Gasteiger partial charge in [-0.3, -0.25) is 0 Å². The zero-order valence-corrected chi connectivity index (χ0v) is 49.3. The van der Waals surface area contributed by atoms with E-state index >= 15 is 0 Å². The Bertz CT molecular complexity index is 2750. The zero-order chi connectivity index (χ0) is 45.7. The van der Waals surface area contributed by atoms with Gasteiger partial charge in [-0.1, -0.05) is 119 Å². The molecule has 0 aliphatic heterocycles. The molecule has 0 atom stereocenters. The maximum Gasteiger partial charge on any atom is 0.0896 e. The summed E-state index contributed by atoms with van der Waals surface area (Å²) in [5.74, 6) is 3.62. The van der Waals surface area contributed by atoms with Crippen molar-refractivity contribution in [1.82, 2.24) is 0 Å². The van der Waals surface area contributed by atoms with E-state index in [1.165, 1.54) is 54.9 Å². The molecule has 8 aromatic rings. The van der Waals surface area contributed by atoms with Crippen LogP contribution in [0.1, 0.15) is 33.8 Å². The van der Waals surface area contributed by atoms with Crippen molar-refractivity contribution in [2.24, 2.45) is 0 Å². The van der Waals surface area contributed by atoms with Gasteiger partial charge in [0, 0.05) is 20.1 Å². The minimum Gasteiger partial charge on any atom is -0.496 e. The van der Waals surface area contributed by atoms with Crippen LogP contribution < -0.4 is 10.4 Å². The number of aryl methyl sites for hydroxylation is 4. The molecule has 0 N–H and O–H groups in total. The van der Waals surface area contributed by atoms with E-state index in [1.54, 1.807) is 23.3 Å². The predicted octanol–water partition coefficient (Wildman–Crippen LogP) is 18.2. The van der Waals surface area contributed by atoms with Crippen LogP contribution in [0.2, 0.25) is 72.5 Å². The van der Waals surface area contributed by atoms with E-state index in [4.69, 9.17) is 55.2 Å². The number of fused-ring (bicyclic) bond motifs is 2. The first kappa shape index (κ1) is 54.5. The molecule has 0 unspecified atom stereocenters. The topological polar surface area (TPSA) is 26.3 Å². The number of benzene rings is 4. The maximum absolute atomic E-state index is 6.75. The van der Waals surface area contributed by atoms with Crippen molar-refractivity contribution >= 4 is 125 Å². The van der Waals surface area contributed by atoms with Crippen LogP contribution in [0.5, 0.6) is 0 Å². The first-order valence-corrected chi connectivity index (χ1v) is 35.6. The molecule has 2 aromatic heterocycles. The summed E-state index contributed by atoms with van der Waals surface area (Å²) in [7, 11) is -3.28. The van der Waals surface area contributed by atoms with Crippen LogP contribution in [0, 0.1) is 41.5 Å². The molecule has 12 heteroatoms. The largest absolute Gasteiger partial charge is 0.496 e. The molecule has 0 amide bonds. The minimum atomic E-state index is -1.64. The Kier molecular flexibility index (Phi) is 18.3. The Morgan fingerprint density at radius 1 is 0.500 bits per heavy atom. The van der Waals surface area contributed by atoms with Gasteiger partial charge in [0.05, 0.1) is 39.2 Å². The standard InChI is InChI=1S/2C25H25Cl2OSi.C2H6Si.2ClH.Zr/c2*1-14-9-17-10-18(23-8-7-15(2)28-23)11-20(17)24(16(14)3)19-12-21(26)25(22(27)13-19)29(4,5)6;1-3-2;;;/h2*7-13H,1-6H3;1-2H3;2*1H;/q2*-1;;;;+2. The summed E-state index contributed by atoms with van der Waals surface area (Å²) in [5, 5.41) is 10.1. The normalized spacial score (nSPS) is 11.4. The number of halogens is 6. The van der Waals surface area contributed by atoms with Crippen molar-refractivity contribution in [3.8, 4) is 44.9 Å². The van der Waals surface area contributed by atoms with Gasteiger partial charge in [-0.05, 0) is 123 Å². The molecule has 0 aliphatic carbocycles. The number of rotatable bonds is 6. The van der Waals surface area contributed by atoms with Gasteiger partial charge in [0.1, 0.15) is 0 Å². The molecule has 0 spiro atoms. The molecule has 336 valence electrons. The van der Waals surface area contributed by atoms with E-state index < -0.39 is 16.1 Å². The van der Waals surface area contributed by atoms with Gasteiger partial charge >= 0.3 is 41.9 Å². The molecular weight excluding hydrogens is 1040 g/mol. The van der Waals surface area contributed by atoms with Crippen LogP contribution in [0.15, 0.2) is 93.8 Å². The van der Waals surface area contributed by atoms with E-state index in [2.05, 4.69) is 141 Å². The summed E-state index contributed by atoms with van der Waals surface area (Å²) >= 11 is 28.7. The third-order valence-electron chi connectivity index (χ3n) is 11.3. The number of hydrogen-bond acceptors (Lipinski definition) is 2. The van der Waals surface area contributed by atoms with E-state index in [0.717, 1.165) is 75.8 Å². The Balaban J connectivity index is 0.000000252. The van der Waals surface area contributed by atoms with Crippen LogP contribution in [-0.2, 0) is 23.3 Å². The predicted molar refractivity (Wildman–Crippen MR) is 292 cm³/mol. The fraction of sp³-hybridized carbons (Fsp3) is 0.269. The quantitative estimate of drug-likeness (QED) is 0.123. The summed E-state index contributed by atoms with van der Waals surface area (Å²) in [6, 6.07) is 29.7. The zero-order valence-electron chi connectivity index (χ0n) is 39.2. The van der Waals surface area contributed by atoms with E-state index in [0.29, 0.717) is 0 Å². The first-order chi connectivity index (χ1) is 28.8. The van der Waals surface area contributed by atoms with Gasteiger partial charge in [-0.15, -0.1) is 82.8 Å². The van der Waals surface area contributed by atoms with Gasteiger partial charge in [-0.2, -0.15) is 0 Å². The van der Waals surface area contributed by atoms with Crippen molar-refractivity contribution in [2.45, 2.75) is 93.9 Å². The van der Waals surface area contributed by atoms with E-state index in [9.17, 15) is 0 Å². The summed E-state index contributed by atoms with van der Waals surface area (Å²) in [6.07, 6.45) is 0. The molecule has 0 bridgehead atoms. The second kappa shape index (κ2) is 21.5. The fourth-order valence-electron chi connectivity index (χ4n) is 8.28. The van der Waals surface area contributed by atoms with Crippen LogP contribution in [0.4, 0.5) is 0 Å². The van der Waals surface area contributed by atoms with Gasteiger partial charge in [0.15, 0.2) is 0 Å². The summed E-state index contributed by atoms with van der Waals surface area (Å²) < 4.78 is 11.7. The van der Waals surface area contributed by atoms with Crippen molar-refractivity contribution in [3.63, 3.8) is 0 Å². The summed E-state index contributed by atoms with van der Waals surface area (Å²) in [4.78, 5) is 0. The molecule has 8 rings (SSSR count). The van der Waals surface area contributed by atoms with Crippen LogP contribution in [0.25, 0.3) is 66.4 Å². The molecule has 0 aliphatic rings. The van der Waals surface area contributed by atoms with Crippen molar-refractivity contribution in [3.05, 3.63) is 139 Å². The fourth-order valence-corrected chi connectivity index (χ4v) is 15.8. The van der Waals surface area contributed by atoms with Gasteiger partial charge in [0.2, 0.25) is 0 Å². The number of furan rings is 2. The Labute approximate surface area is 430 Å². The van der Waals surface area contributed by atoms with Crippen molar-refractivity contribution in [1.29, 1.82) is 0 Å². The van der Waals surface area contributed by atoms with E-state index in [-0.39, 0.29) is 30.2 Å². The van der Waals surface area contributed by atoms with Crippen molar-refractivity contribution in [2.75, 3.05) is 0 Å². The molecular formula is C52H58Cl6O2Si3Zr. The smallest absolute Gasteiger partial charge is 0.0896 e. The second-order valence-electron chi connectivity index (χ2n) is 18.8. The molecule has 0 saturated carbocycles. The van der Waals surface area contributed by atoms with Gasteiger partial charge in [0.25, 0.3) is 0 Å². The minimum absolute atomic E-state index is 0. The second-order valence-corrected chi connectivity index (χ2v) is 39.8. The first-order valence-electron chi connectivity index (χ1n) is 20.9. The van der Waals surface area contributed by atoms with E-state index in [1.807, 2.05) is 38.1 Å². The number of hydrogen-bond donors (Lipinski definition) is 0.